The largest absolute Gasteiger partial charge is 2.00 e. The van der Waals surface area contributed by atoms with Gasteiger partial charge in [0.15, 0.2) is 0 Å². The number of aliphatic hydroxyl groups excluding tert-OH is 2. The molecule has 2 N–H and O–H groups in total. The van der Waals surface area contributed by atoms with Crippen LogP contribution in [0, 0.1) is 0 Å². The average molecular weight is 186 g/mol. The van der Waals surface area contributed by atoms with Gasteiger partial charge in [0.05, 0.1) is 0 Å². The molecule has 0 aromatic rings. The van der Waals surface area contributed by atoms with Gasteiger partial charge in [0.2, 0.25) is 0 Å². The zero-order valence-electron chi connectivity index (χ0n) is 3.12. The van der Waals surface area contributed by atoms with E-state index in [-0.39, 0.29) is 21.1 Å². The molecular weight excluding hydrogens is 184 g/mol. The van der Waals surface area contributed by atoms with Gasteiger partial charge in [0, 0.05) is 0 Å². The maximum atomic E-state index is 8.24. The van der Waals surface area contributed by atoms with Gasteiger partial charge >= 0.3 is 21.1 Å². The normalized spacial score (nSPS) is 3.43. The van der Waals surface area contributed by atoms with Gasteiger partial charge in [0.25, 0.3) is 0 Å². The van der Waals surface area contributed by atoms with Gasteiger partial charge in [-0.1, -0.05) is 12.9 Å². The number of hydrogen-bond acceptors (Lipinski definition) is 2. The van der Waals surface area contributed by atoms with E-state index in [1.807, 2.05) is 0 Å². The molecule has 0 unspecified atom stereocenters. The van der Waals surface area contributed by atoms with E-state index < -0.39 is 0 Å². The zero-order chi connectivity index (χ0) is 5.41. The van der Waals surface area contributed by atoms with E-state index >= 15 is 0 Å². The molecule has 7 heavy (non-hydrogen) atoms. The molecule has 0 aromatic carbocycles. The summed E-state index contributed by atoms with van der Waals surface area (Å²) in [5.41, 5.74) is 0. The van der Waals surface area contributed by atoms with E-state index in [1.54, 1.807) is 0 Å². The van der Waals surface area contributed by atoms with Crippen LogP contribution in [-0.4, -0.2) is 23.2 Å². The molecule has 0 heterocycles. The van der Waals surface area contributed by atoms with Crippen LogP contribution in [0.15, 0.2) is 0 Å². The maximum absolute atomic E-state index is 8.24. The Bertz CT molecular complexity index is 30.7. The summed E-state index contributed by atoms with van der Waals surface area (Å²) in [6, 6.07) is 0. The van der Waals surface area contributed by atoms with E-state index in [9.17, 15) is 0 Å². The van der Waals surface area contributed by atoms with E-state index in [0.29, 0.717) is 12.9 Å². The Kier molecular flexibility index (Phi) is 104. The van der Waals surface area contributed by atoms with Crippen LogP contribution >= 0.6 is 0 Å². The maximum Gasteiger partial charge on any atom is 2.00 e. The molecule has 0 aliphatic rings. The van der Waals surface area contributed by atoms with Crippen molar-refractivity contribution in [1.82, 2.24) is 0 Å². The van der Waals surface area contributed by atoms with Crippen LogP contribution in [0.5, 0.6) is 0 Å². The molecular formula is C2H2MoO4. The van der Waals surface area contributed by atoms with Gasteiger partial charge in [-0.2, -0.15) is 0 Å². The van der Waals surface area contributed by atoms with Crippen LogP contribution in [-0.2, 0) is 30.7 Å². The summed E-state index contributed by atoms with van der Waals surface area (Å²) in [6.07, 6.45) is 0. The Morgan fingerprint density at radius 2 is 1.00 bits per heavy atom. The molecule has 0 fully saturated rings. The average Bonchev–Trinajstić information content (AvgIpc) is 1.39. The summed E-state index contributed by atoms with van der Waals surface area (Å²) in [4.78, 5) is 16.5. The fourth-order valence-electron chi connectivity index (χ4n) is 0. The van der Waals surface area contributed by atoms with Crippen molar-refractivity contribution in [2.24, 2.45) is 0 Å². The van der Waals surface area contributed by atoms with Crippen molar-refractivity contribution in [2.45, 2.75) is 0 Å². The molecule has 0 saturated heterocycles. The molecule has 0 aromatic heterocycles. The van der Waals surface area contributed by atoms with Crippen LogP contribution in [0.2, 0.25) is 0 Å². The van der Waals surface area contributed by atoms with Gasteiger partial charge in [0.1, 0.15) is 0 Å². The predicted molar refractivity (Wildman–Crippen MR) is 16.6 cm³/mol. The first-order chi connectivity index (χ1) is 2.83. The Hall–Kier alpha value is -0.372. The summed E-state index contributed by atoms with van der Waals surface area (Å²) in [7, 11) is 0. The third kappa shape index (κ3) is 536. The zero-order valence-corrected chi connectivity index (χ0v) is 5.13. The van der Waals surface area contributed by atoms with E-state index in [1.165, 1.54) is 0 Å². The summed E-state index contributed by atoms with van der Waals surface area (Å²) in [5, 5.41) is 13.5. The van der Waals surface area contributed by atoms with Crippen molar-refractivity contribution in [3.63, 3.8) is 0 Å². The van der Waals surface area contributed by atoms with Gasteiger partial charge in [-0.3, -0.25) is 0 Å². The second-order valence-electron chi connectivity index (χ2n) is 0.183. The SMILES string of the molecule is O=[C-]O.O=[C-]O.[Mo+2]. The van der Waals surface area contributed by atoms with E-state index in [2.05, 4.69) is 0 Å². The van der Waals surface area contributed by atoms with Crippen LogP contribution in [0.3, 0.4) is 0 Å². The molecule has 0 aliphatic carbocycles. The summed E-state index contributed by atoms with van der Waals surface area (Å²) in [6.45, 7) is 1.00. The van der Waals surface area contributed by atoms with Crippen LogP contribution in [0.25, 0.3) is 0 Å². The first-order valence-corrected chi connectivity index (χ1v) is 0.855. The fraction of sp³-hybridized carbons (Fsp3) is 0. The summed E-state index contributed by atoms with van der Waals surface area (Å²) < 4.78 is 0. The quantitative estimate of drug-likeness (QED) is 0.384. The minimum Gasteiger partial charge on any atom is -0.665 e. The van der Waals surface area contributed by atoms with Gasteiger partial charge in [-0.15, -0.1) is 0 Å². The van der Waals surface area contributed by atoms with Gasteiger partial charge in [-0.05, 0) is 0 Å². The minimum atomic E-state index is 0. The Balaban J connectivity index is -0.0000000400. The van der Waals surface area contributed by atoms with Crippen molar-refractivity contribution in [3.8, 4) is 0 Å². The molecule has 4 nitrogen and oxygen atoms in total. The first kappa shape index (κ1) is 15.9. The van der Waals surface area contributed by atoms with Crippen LogP contribution < -0.4 is 0 Å². The Labute approximate surface area is 54.4 Å². The molecule has 0 bridgehead atoms. The number of hydrogen-bond donors (Lipinski definition) is 2. The predicted octanol–water partition coefficient (Wildman–Crippen LogP) is -0.779. The smallest absolute Gasteiger partial charge is 0.665 e. The summed E-state index contributed by atoms with van der Waals surface area (Å²) in [5.74, 6) is 0. The molecule has 0 saturated carbocycles. The molecule has 0 aliphatic heterocycles. The second-order valence-corrected chi connectivity index (χ2v) is 0.183. The van der Waals surface area contributed by atoms with Crippen molar-refractivity contribution in [1.29, 1.82) is 0 Å². The topological polar surface area (TPSA) is 74.6 Å². The Morgan fingerprint density at radius 3 is 1.00 bits per heavy atom. The fourth-order valence-corrected chi connectivity index (χ4v) is 0. The Morgan fingerprint density at radius 1 is 1.00 bits per heavy atom. The van der Waals surface area contributed by atoms with Crippen molar-refractivity contribution in [2.75, 3.05) is 0 Å². The molecule has 0 spiro atoms. The van der Waals surface area contributed by atoms with Crippen molar-refractivity contribution < 1.29 is 40.9 Å². The van der Waals surface area contributed by atoms with E-state index in [0.717, 1.165) is 0 Å². The third-order valence-corrected chi connectivity index (χ3v) is 0. The summed E-state index contributed by atoms with van der Waals surface area (Å²) >= 11 is 0. The molecule has 0 atom stereocenters. The van der Waals surface area contributed by atoms with Crippen LogP contribution in [0.1, 0.15) is 0 Å². The molecule has 0 amide bonds. The van der Waals surface area contributed by atoms with Gasteiger partial charge in [-0.25, -0.2) is 0 Å². The van der Waals surface area contributed by atoms with Crippen LogP contribution in [0.4, 0.5) is 0 Å². The van der Waals surface area contributed by atoms with Gasteiger partial charge < -0.3 is 19.8 Å². The first-order valence-electron chi connectivity index (χ1n) is 0.855. The van der Waals surface area contributed by atoms with Crippen molar-refractivity contribution >= 4 is 12.9 Å². The molecule has 0 rings (SSSR count). The molecule has 0 radical (unpaired) electrons. The molecule has 5 heteroatoms. The van der Waals surface area contributed by atoms with Crippen molar-refractivity contribution in [3.05, 3.63) is 0 Å². The minimum absolute atomic E-state index is 0. The van der Waals surface area contributed by atoms with E-state index in [4.69, 9.17) is 19.8 Å². The molecule has 40 valence electrons. The number of rotatable bonds is 0. The monoisotopic (exact) mass is 188 g/mol. The second kappa shape index (κ2) is 45.5. The third-order valence-electron chi connectivity index (χ3n) is 0. The standard InChI is InChI=1S/2CHO2.Mo/c2*2-1-3;/h2*(H,2,3);/q2*-1;+2.